The third-order valence-electron chi connectivity index (χ3n) is 4.41. The van der Waals surface area contributed by atoms with Crippen molar-refractivity contribution in [2.24, 2.45) is 4.99 Å². The minimum atomic E-state index is -0.518. The van der Waals surface area contributed by atoms with E-state index in [0.717, 1.165) is 16.5 Å². The third kappa shape index (κ3) is 2.91. The Kier molecular flexibility index (Phi) is 4.01. The highest BCUT2D eigenvalue weighted by Gasteiger charge is 2.24. The van der Waals surface area contributed by atoms with Crippen LogP contribution in [0.15, 0.2) is 77.8 Å². The van der Waals surface area contributed by atoms with Gasteiger partial charge in [0.25, 0.3) is 0 Å². The molecule has 4 rings (SSSR count). The van der Waals surface area contributed by atoms with Crippen LogP contribution >= 0.6 is 0 Å². The van der Waals surface area contributed by atoms with Crippen LogP contribution in [0.2, 0.25) is 0 Å². The van der Waals surface area contributed by atoms with Crippen LogP contribution in [0.25, 0.3) is 10.8 Å². The number of benzene rings is 3. The Bertz CT molecular complexity index is 868. The maximum Gasteiger partial charge on any atom is 0.217 e. The lowest BCUT2D eigenvalue weighted by Crippen LogP contribution is -2.12. The molecule has 1 heterocycles. The number of fused-ring (bicyclic) bond motifs is 1. The lowest BCUT2D eigenvalue weighted by molar-refractivity contribution is 0.151. The number of aliphatic imine (C=N–C) groups is 1. The van der Waals surface area contributed by atoms with Crippen molar-refractivity contribution in [1.82, 2.24) is 0 Å². The van der Waals surface area contributed by atoms with E-state index >= 15 is 0 Å². The van der Waals surface area contributed by atoms with Crippen molar-refractivity contribution in [2.45, 2.75) is 18.6 Å². The molecule has 3 aromatic carbocycles. The molecule has 1 aliphatic heterocycles. The summed E-state index contributed by atoms with van der Waals surface area (Å²) in [6, 6.07) is 24.1. The number of aliphatic hydroxyl groups excluding tert-OH is 1. The molecule has 3 heteroatoms. The molecule has 0 amide bonds. The highest BCUT2D eigenvalue weighted by atomic mass is 16.5. The number of hydrogen-bond donors (Lipinski definition) is 1. The lowest BCUT2D eigenvalue weighted by Gasteiger charge is -2.12. The third-order valence-corrected chi connectivity index (χ3v) is 4.41. The summed E-state index contributed by atoms with van der Waals surface area (Å²) in [6.07, 6.45) is 0.0496. The van der Waals surface area contributed by atoms with Crippen LogP contribution in [0, 0.1) is 0 Å². The molecule has 1 N–H and O–H groups in total. The van der Waals surface area contributed by atoms with E-state index in [2.05, 4.69) is 18.2 Å². The predicted octanol–water partition coefficient (Wildman–Crippen LogP) is 4.11. The van der Waals surface area contributed by atoms with Gasteiger partial charge in [-0.1, -0.05) is 66.7 Å². The molecule has 0 radical (unpaired) electrons. The second-order valence-corrected chi connectivity index (χ2v) is 6.09. The summed E-state index contributed by atoms with van der Waals surface area (Å²) < 4.78 is 5.84. The van der Waals surface area contributed by atoms with E-state index in [-0.39, 0.29) is 6.04 Å². The zero-order valence-corrected chi connectivity index (χ0v) is 13.3. The maximum absolute atomic E-state index is 10.4. The molecule has 3 aromatic rings. The molecule has 1 aliphatic rings. The van der Waals surface area contributed by atoms with E-state index in [4.69, 9.17) is 9.73 Å². The largest absolute Gasteiger partial charge is 0.475 e. The molecule has 0 bridgehead atoms. The van der Waals surface area contributed by atoms with E-state index < -0.39 is 6.10 Å². The topological polar surface area (TPSA) is 41.8 Å². The molecule has 3 nitrogen and oxygen atoms in total. The van der Waals surface area contributed by atoms with Crippen LogP contribution < -0.4 is 0 Å². The number of nitrogens with zero attached hydrogens (tertiary/aromatic N) is 1. The molecular formula is C21H19NO2. The van der Waals surface area contributed by atoms with Crippen LogP contribution in [0.4, 0.5) is 0 Å². The maximum atomic E-state index is 10.4. The Morgan fingerprint density at radius 3 is 2.58 bits per heavy atom. The van der Waals surface area contributed by atoms with Gasteiger partial charge in [0.15, 0.2) is 0 Å². The van der Waals surface area contributed by atoms with Gasteiger partial charge in [-0.3, -0.25) is 0 Å². The van der Waals surface area contributed by atoms with Crippen molar-refractivity contribution < 1.29 is 9.84 Å². The second-order valence-electron chi connectivity index (χ2n) is 6.09. The predicted molar refractivity (Wildman–Crippen MR) is 96.2 cm³/mol. The van der Waals surface area contributed by atoms with Gasteiger partial charge in [0.05, 0.1) is 12.1 Å². The summed E-state index contributed by atoms with van der Waals surface area (Å²) >= 11 is 0. The number of aliphatic hydroxyl groups is 1. The Morgan fingerprint density at radius 1 is 0.958 bits per heavy atom. The zero-order chi connectivity index (χ0) is 16.4. The minimum absolute atomic E-state index is 0.0193. The van der Waals surface area contributed by atoms with Gasteiger partial charge in [0.2, 0.25) is 5.90 Å². The molecule has 2 atom stereocenters. The second kappa shape index (κ2) is 6.46. The molecule has 120 valence electrons. The van der Waals surface area contributed by atoms with Gasteiger partial charge < -0.3 is 9.84 Å². The minimum Gasteiger partial charge on any atom is -0.475 e. The van der Waals surface area contributed by atoms with Crippen molar-refractivity contribution in [3.63, 3.8) is 0 Å². The number of ether oxygens (including phenoxy) is 1. The highest BCUT2D eigenvalue weighted by molar-refractivity contribution is 6.07. The fourth-order valence-corrected chi connectivity index (χ4v) is 3.16. The van der Waals surface area contributed by atoms with Gasteiger partial charge in [-0.15, -0.1) is 0 Å². The summed E-state index contributed by atoms with van der Waals surface area (Å²) in [6.45, 7) is 0.516. The molecule has 0 saturated heterocycles. The summed E-state index contributed by atoms with van der Waals surface area (Å²) in [5.74, 6) is 0.678. The quantitative estimate of drug-likeness (QED) is 0.787. The Labute approximate surface area is 141 Å². The van der Waals surface area contributed by atoms with Crippen LogP contribution in [0.1, 0.15) is 23.7 Å². The van der Waals surface area contributed by atoms with Crippen molar-refractivity contribution in [2.75, 3.05) is 6.61 Å². The monoisotopic (exact) mass is 317 g/mol. The van der Waals surface area contributed by atoms with Crippen molar-refractivity contribution in [1.29, 1.82) is 0 Å². The van der Waals surface area contributed by atoms with Crippen molar-refractivity contribution in [3.8, 4) is 0 Å². The standard InChI is InChI=1S/C21H19NO2/c23-20(16-8-2-1-3-9-16)13-17-14-24-21(22-17)19-12-6-10-15-7-4-5-11-18(15)19/h1-12,17,20,23H,13-14H2/t17-,20-/m0/s1. The van der Waals surface area contributed by atoms with Gasteiger partial charge in [-0.25, -0.2) is 4.99 Å². The van der Waals surface area contributed by atoms with Gasteiger partial charge >= 0.3 is 0 Å². The molecular weight excluding hydrogens is 298 g/mol. The van der Waals surface area contributed by atoms with Gasteiger partial charge in [0.1, 0.15) is 6.61 Å². The SMILES string of the molecule is O[C@@H](C[C@H]1COC(c2cccc3ccccc23)=N1)c1ccccc1. The molecule has 24 heavy (non-hydrogen) atoms. The first kappa shape index (κ1) is 14.9. The Morgan fingerprint density at radius 2 is 1.71 bits per heavy atom. The number of hydrogen-bond acceptors (Lipinski definition) is 3. The van der Waals surface area contributed by atoms with E-state index in [1.807, 2.05) is 54.6 Å². The van der Waals surface area contributed by atoms with E-state index in [1.54, 1.807) is 0 Å². The van der Waals surface area contributed by atoms with Crippen molar-refractivity contribution in [3.05, 3.63) is 83.9 Å². The summed E-state index contributed by atoms with van der Waals surface area (Å²) in [5, 5.41) is 12.7. The average Bonchev–Trinajstić information content (AvgIpc) is 3.10. The Balaban J connectivity index is 1.56. The zero-order valence-electron chi connectivity index (χ0n) is 13.3. The fraction of sp³-hybridized carbons (Fsp3) is 0.190. The van der Waals surface area contributed by atoms with Crippen LogP contribution in [-0.2, 0) is 4.74 Å². The molecule has 0 spiro atoms. The van der Waals surface area contributed by atoms with E-state index in [1.165, 1.54) is 5.39 Å². The molecule has 0 saturated carbocycles. The van der Waals surface area contributed by atoms with Gasteiger partial charge in [-0.2, -0.15) is 0 Å². The average molecular weight is 317 g/mol. The normalized spacial score (nSPS) is 18.2. The fourth-order valence-electron chi connectivity index (χ4n) is 3.16. The summed E-state index contributed by atoms with van der Waals surface area (Å²) in [4.78, 5) is 4.71. The smallest absolute Gasteiger partial charge is 0.217 e. The molecule has 0 fully saturated rings. The summed E-state index contributed by atoms with van der Waals surface area (Å²) in [5.41, 5.74) is 1.94. The van der Waals surface area contributed by atoms with Crippen LogP contribution in [0.3, 0.4) is 0 Å². The first-order chi connectivity index (χ1) is 11.8. The van der Waals surface area contributed by atoms with Crippen molar-refractivity contribution >= 4 is 16.7 Å². The first-order valence-corrected chi connectivity index (χ1v) is 8.23. The van der Waals surface area contributed by atoms with E-state index in [9.17, 15) is 5.11 Å². The molecule has 0 unspecified atom stereocenters. The molecule has 0 aliphatic carbocycles. The summed E-state index contributed by atoms with van der Waals surface area (Å²) in [7, 11) is 0. The van der Waals surface area contributed by atoms with Gasteiger partial charge in [0, 0.05) is 12.0 Å². The first-order valence-electron chi connectivity index (χ1n) is 8.23. The number of rotatable bonds is 4. The molecule has 0 aromatic heterocycles. The van der Waals surface area contributed by atoms with Gasteiger partial charge in [-0.05, 0) is 22.4 Å². The lowest BCUT2D eigenvalue weighted by atomic mass is 10.0. The van der Waals surface area contributed by atoms with E-state index in [0.29, 0.717) is 18.9 Å². The highest BCUT2D eigenvalue weighted by Crippen LogP contribution is 2.26. The van der Waals surface area contributed by atoms with Crippen LogP contribution in [-0.4, -0.2) is 23.7 Å². The van der Waals surface area contributed by atoms with Crippen LogP contribution in [0.5, 0.6) is 0 Å². The Hall–Kier alpha value is -2.65.